The van der Waals surface area contributed by atoms with E-state index in [2.05, 4.69) is 19.8 Å². The van der Waals surface area contributed by atoms with E-state index in [1.165, 1.54) is 12.4 Å². The van der Waals surface area contributed by atoms with Crippen molar-refractivity contribution in [3.05, 3.63) is 30.1 Å². The zero-order valence-corrected chi connectivity index (χ0v) is 14.4. The standard InChI is InChI=1S/C16H22N2O6/c1-16(2,3)24-15(21)18-12(10-7-6-8-17-9-10)11(13(19)22-4)14(20)23-5/h6-9,11-12H,1-5H3,(H,18,21)/t12-/m1/s1. The molecule has 0 radical (unpaired) electrons. The molecule has 0 fully saturated rings. The topological polar surface area (TPSA) is 104 Å². The van der Waals surface area contributed by atoms with Gasteiger partial charge in [-0.1, -0.05) is 6.07 Å². The molecule has 1 rings (SSSR count). The van der Waals surface area contributed by atoms with Gasteiger partial charge in [-0.15, -0.1) is 0 Å². The summed E-state index contributed by atoms with van der Waals surface area (Å²) in [5.74, 6) is -3.07. The Morgan fingerprint density at radius 2 is 1.71 bits per heavy atom. The highest BCUT2D eigenvalue weighted by atomic mass is 16.6. The van der Waals surface area contributed by atoms with E-state index in [4.69, 9.17) is 4.74 Å². The smallest absolute Gasteiger partial charge is 0.408 e. The Morgan fingerprint density at radius 1 is 1.12 bits per heavy atom. The third-order valence-electron chi connectivity index (χ3n) is 2.96. The second-order valence-electron chi connectivity index (χ2n) is 5.93. The van der Waals surface area contributed by atoms with Crippen molar-refractivity contribution >= 4 is 18.0 Å². The molecule has 0 saturated carbocycles. The van der Waals surface area contributed by atoms with Crippen molar-refractivity contribution in [1.82, 2.24) is 10.3 Å². The monoisotopic (exact) mass is 338 g/mol. The quantitative estimate of drug-likeness (QED) is 0.494. The van der Waals surface area contributed by atoms with Crippen molar-refractivity contribution in [2.75, 3.05) is 14.2 Å². The minimum atomic E-state index is -1.39. The van der Waals surface area contributed by atoms with Crippen LogP contribution in [0.5, 0.6) is 0 Å². The van der Waals surface area contributed by atoms with Gasteiger partial charge in [0.1, 0.15) is 5.60 Å². The van der Waals surface area contributed by atoms with Crippen molar-refractivity contribution in [3.8, 4) is 0 Å². The molecule has 0 bridgehead atoms. The molecule has 0 saturated heterocycles. The van der Waals surface area contributed by atoms with Gasteiger partial charge in [-0.3, -0.25) is 14.6 Å². The number of hydrogen-bond acceptors (Lipinski definition) is 7. The highest BCUT2D eigenvalue weighted by Crippen LogP contribution is 2.25. The molecule has 0 spiro atoms. The zero-order chi connectivity index (χ0) is 18.3. The van der Waals surface area contributed by atoms with E-state index in [1.807, 2.05) is 0 Å². The Hall–Kier alpha value is -2.64. The summed E-state index contributed by atoms with van der Waals surface area (Å²) in [5, 5.41) is 2.52. The molecule has 8 nitrogen and oxygen atoms in total. The number of rotatable bonds is 5. The van der Waals surface area contributed by atoms with E-state index >= 15 is 0 Å². The first-order valence-corrected chi connectivity index (χ1v) is 7.24. The van der Waals surface area contributed by atoms with Gasteiger partial charge in [-0.2, -0.15) is 0 Å². The maximum Gasteiger partial charge on any atom is 0.408 e. The lowest BCUT2D eigenvalue weighted by atomic mass is 9.94. The van der Waals surface area contributed by atoms with Crippen molar-refractivity contribution in [3.63, 3.8) is 0 Å². The maximum atomic E-state index is 12.1. The maximum absolute atomic E-state index is 12.1. The molecule has 0 unspecified atom stereocenters. The number of carbonyl (C=O) groups is 3. The Balaban J connectivity index is 3.19. The molecule has 1 N–H and O–H groups in total. The van der Waals surface area contributed by atoms with Gasteiger partial charge in [0.15, 0.2) is 5.92 Å². The summed E-state index contributed by atoms with van der Waals surface area (Å²) in [4.78, 5) is 40.2. The van der Waals surface area contributed by atoms with Crippen LogP contribution in [0.2, 0.25) is 0 Å². The molecule has 8 heteroatoms. The predicted octanol–water partition coefficient (Wildman–Crippen LogP) is 1.61. The summed E-state index contributed by atoms with van der Waals surface area (Å²) >= 11 is 0. The van der Waals surface area contributed by atoms with Crippen molar-refractivity contribution in [1.29, 1.82) is 0 Å². The molecular formula is C16H22N2O6. The number of methoxy groups -OCH3 is 2. The number of carbonyl (C=O) groups excluding carboxylic acids is 3. The van der Waals surface area contributed by atoms with Crippen LogP contribution in [0, 0.1) is 5.92 Å². The Kier molecular flexibility index (Phi) is 6.69. The van der Waals surface area contributed by atoms with Crippen LogP contribution in [0.15, 0.2) is 24.5 Å². The molecule has 0 aliphatic rings. The van der Waals surface area contributed by atoms with Gasteiger partial charge < -0.3 is 19.5 Å². The van der Waals surface area contributed by atoms with E-state index < -0.39 is 35.6 Å². The van der Waals surface area contributed by atoms with Crippen molar-refractivity contribution < 1.29 is 28.6 Å². The van der Waals surface area contributed by atoms with Gasteiger partial charge in [0.25, 0.3) is 0 Å². The number of nitrogens with zero attached hydrogens (tertiary/aromatic N) is 1. The summed E-state index contributed by atoms with van der Waals surface area (Å²) in [6.45, 7) is 5.09. The summed E-state index contributed by atoms with van der Waals surface area (Å²) in [6.07, 6.45) is 2.18. The van der Waals surface area contributed by atoms with Crippen LogP contribution >= 0.6 is 0 Å². The first kappa shape index (κ1) is 19.4. The number of alkyl carbamates (subject to hydrolysis) is 1. The van der Waals surface area contributed by atoms with E-state index in [0.29, 0.717) is 5.56 Å². The van der Waals surface area contributed by atoms with Gasteiger partial charge >= 0.3 is 18.0 Å². The molecule has 1 heterocycles. The first-order chi connectivity index (χ1) is 11.2. The van der Waals surface area contributed by atoms with Crippen molar-refractivity contribution in [2.24, 2.45) is 5.92 Å². The van der Waals surface area contributed by atoms with Crippen LogP contribution in [0.3, 0.4) is 0 Å². The number of nitrogens with one attached hydrogen (secondary N) is 1. The molecule has 1 atom stereocenters. The number of amides is 1. The lowest BCUT2D eigenvalue weighted by Gasteiger charge is -2.26. The molecule has 132 valence electrons. The highest BCUT2D eigenvalue weighted by Gasteiger charge is 2.39. The average Bonchev–Trinajstić information content (AvgIpc) is 2.52. The molecule has 0 aliphatic carbocycles. The third kappa shape index (κ3) is 5.53. The summed E-state index contributed by atoms with van der Waals surface area (Å²) in [5.41, 5.74) is -0.306. The first-order valence-electron chi connectivity index (χ1n) is 7.24. The van der Waals surface area contributed by atoms with Crippen LogP contribution in [0.1, 0.15) is 32.4 Å². The fraction of sp³-hybridized carbons (Fsp3) is 0.500. The normalized spacial score (nSPS) is 12.2. The van der Waals surface area contributed by atoms with E-state index in [1.54, 1.807) is 32.9 Å². The van der Waals surface area contributed by atoms with E-state index in [9.17, 15) is 14.4 Å². The largest absolute Gasteiger partial charge is 0.468 e. The number of ether oxygens (including phenoxy) is 3. The van der Waals surface area contributed by atoms with Crippen LogP contribution in [0.25, 0.3) is 0 Å². The zero-order valence-electron chi connectivity index (χ0n) is 14.4. The molecule has 0 aromatic carbocycles. The van der Waals surface area contributed by atoms with Crippen LogP contribution in [0.4, 0.5) is 4.79 Å². The van der Waals surface area contributed by atoms with Crippen LogP contribution in [-0.4, -0.2) is 42.8 Å². The number of pyridine rings is 1. The Bertz CT molecular complexity index is 566. The number of hydrogen-bond donors (Lipinski definition) is 1. The minimum Gasteiger partial charge on any atom is -0.468 e. The third-order valence-corrected chi connectivity index (χ3v) is 2.96. The van der Waals surface area contributed by atoms with Gasteiger partial charge in [0, 0.05) is 12.4 Å². The highest BCUT2D eigenvalue weighted by molar-refractivity contribution is 5.96. The average molecular weight is 338 g/mol. The second kappa shape index (κ2) is 8.28. The molecule has 1 amide bonds. The lowest BCUT2D eigenvalue weighted by Crippen LogP contribution is -2.43. The predicted molar refractivity (Wildman–Crippen MR) is 83.9 cm³/mol. The van der Waals surface area contributed by atoms with Gasteiger partial charge in [-0.25, -0.2) is 4.79 Å². The van der Waals surface area contributed by atoms with Gasteiger partial charge in [-0.05, 0) is 32.4 Å². The molecular weight excluding hydrogens is 316 g/mol. The van der Waals surface area contributed by atoms with Crippen molar-refractivity contribution in [2.45, 2.75) is 32.4 Å². The van der Waals surface area contributed by atoms with E-state index in [-0.39, 0.29) is 0 Å². The minimum absolute atomic E-state index is 0.434. The van der Waals surface area contributed by atoms with Gasteiger partial charge in [0.05, 0.1) is 20.3 Å². The molecule has 1 aromatic rings. The van der Waals surface area contributed by atoms with E-state index in [0.717, 1.165) is 14.2 Å². The fourth-order valence-electron chi connectivity index (χ4n) is 1.98. The summed E-state index contributed by atoms with van der Waals surface area (Å²) in [7, 11) is 2.29. The van der Waals surface area contributed by atoms with Gasteiger partial charge in [0.2, 0.25) is 0 Å². The molecule has 1 aromatic heterocycles. The summed E-state index contributed by atoms with van der Waals surface area (Å²) in [6, 6.07) is 2.19. The van der Waals surface area contributed by atoms with Crippen LogP contribution < -0.4 is 5.32 Å². The Labute approximate surface area is 140 Å². The molecule has 24 heavy (non-hydrogen) atoms. The molecule has 0 aliphatic heterocycles. The SMILES string of the molecule is COC(=O)C(C(=O)OC)[C@H](NC(=O)OC(C)(C)C)c1cccnc1. The number of aromatic nitrogens is 1. The summed E-state index contributed by atoms with van der Waals surface area (Å²) < 4.78 is 14.5. The number of esters is 2. The Morgan fingerprint density at radius 3 is 2.12 bits per heavy atom. The second-order valence-corrected chi connectivity index (χ2v) is 5.93. The fourth-order valence-corrected chi connectivity index (χ4v) is 1.98. The van der Waals surface area contributed by atoms with Crippen LogP contribution in [-0.2, 0) is 23.8 Å². The lowest BCUT2D eigenvalue weighted by molar-refractivity contribution is -0.160.